The zero-order valence-electron chi connectivity index (χ0n) is 7.12. The first kappa shape index (κ1) is 6.77. The summed E-state index contributed by atoms with van der Waals surface area (Å²) in [5.41, 5.74) is 9.75. The van der Waals surface area contributed by atoms with Crippen molar-refractivity contribution in [3.63, 3.8) is 0 Å². The molecule has 0 saturated carbocycles. The highest BCUT2D eigenvalue weighted by Gasteiger charge is 2.12. The van der Waals surface area contributed by atoms with Crippen molar-refractivity contribution in [3.05, 3.63) is 18.5 Å². The predicted octanol–water partition coefficient (Wildman–Crippen LogP) is 1.04. The summed E-state index contributed by atoms with van der Waals surface area (Å²) in [6, 6.07) is 3.86. The molecule has 0 amide bonds. The molecule has 1 aromatic heterocycles. The van der Waals surface area contributed by atoms with Crippen LogP contribution in [0.25, 0.3) is 11.0 Å². The zero-order chi connectivity index (χ0) is 8.84. The third-order valence-electron chi connectivity index (χ3n) is 2.40. The van der Waals surface area contributed by atoms with Crippen molar-refractivity contribution in [2.75, 3.05) is 17.6 Å². The Bertz CT molecular complexity index is 472. The minimum absolute atomic E-state index is 0.766. The van der Waals surface area contributed by atoms with Crippen molar-refractivity contribution in [2.24, 2.45) is 0 Å². The molecule has 0 saturated heterocycles. The van der Waals surface area contributed by atoms with E-state index < -0.39 is 0 Å². The summed E-state index contributed by atoms with van der Waals surface area (Å²) in [6.07, 6.45) is 1.87. The number of hydrogen-bond donors (Lipinski definition) is 2. The van der Waals surface area contributed by atoms with E-state index in [9.17, 15) is 0 Å². The molecule has 1 aliphatic heterocycles. The number of nitrogens with zero attached hydrogens (tertiary/aromatic N) is 2. The Morgan fingerprint density at radius 2 is 2.38 bits per heavy atom. The maximum absolute atomic E-state index is 5.74. The van der Waals surface area contributed by atoms with E-state index in [0.29, 0.717) is 0 Å². The number of hydrogen-bond acceptors (Lipinski definition) is 3. The summed E-state index contributed by atoms with van der Waals surface area (Å²) in [6.45, 7) is 1.93. The topological polar surface area (TPSA) is 55.9 Å². The minimum Gasteiger partial charge on any atom is -0.399 e. The normalized spacial score (nSPS) is 14.5. The van der Waals surface area contributed by atoms with E-state index >= 15 is 0 Å². The maximum Gasteiger partial charge on any atom is 0.0959 e. The largest absolute Gasteiger partial charge is 0.399 e. The third kappa shape index (κ3) is 0.824. The molecule has 0 bridgehead atoms. The van der Waals surface area contributed by atoms with Gasteiger partial charge in [0, 0.05) is 18.8 Å². The standard InChI is InChI=1S/C9H10N4/c10-6-3-7-9-8(4-6)12-5-13(9)2-1-11-7/h3-5,11H,1-2,10H2. The van der Waals surface area contributed by atoms with E-state index in [0.717, 1.165) is 30.0 Å². The van der Waals surface area contributed by atoms with Crippen molar-refractivity contribution >= 4 is 22.4 Å². The maximum atomic E-state index is 5.74. The van der Waals surface area contributed by atoms with Gasteiger partial charge in [-0.15, -0.1) is 0 Å². The second-order valence-corrected chi connectivity index (χ2v) is 3.30. The molecule has 4 heteroatoms. The van der Waals surface area contributed by atoms with E-state index in [-0.39, 0.29) is 0 Å². The van der Waals surface area contributed by atoms with Crippen LogP contribution in [0.1, 0.15) is 0 Å². The first-order valence-electron chi connectivity index (χ1n) is 4.33. The van der Waals surface area contributed by atoms with Gasteiger partial charge in [-0.3, -0.25) is 0 Å². The van der Waals surface area contributed by atoms with Crippen LogP contribution in [0.15, 0.2) is 18.5 Å². The van der Waals surface area contributed by atoms with Crippen LogP contribution in [0.4, 0.5) is 11.4 Å². The molecule has 0 spiro atoms. The van der Waals surface area contributed by atoms with Gasteiger partial charge in [-0.1, -0.05) is 0 Å². The lowest BCUT2D eigenvalue weighted by Gasteiger charge is -2.16. The number of rotatable bonds is 0. The van der Waals surface area contributed by atoms with Crippen LogP contribution in [0.5, 0.6) is 0 Å². The zero-order valence-corrected chi connectivity index (χ0v) is 7.12. The minimum atomic E-state index is 0.766. The number of nitrogens with one attached hydrogen (secondary N) is 1. The molecular weight excluding hydrogens is 164 g/mol. The average molecular weight is 174 g/mol. The summed E-state index contributed by atoms with van der Waals surface area (Å²) in [5.74, 6) is 0. The monoisotopic (exact) mass is 174 g/mol. The van der Waals surface area contributed by atoms with Crippen molar-refractivity contribution in [2.45, 2.75) is 6.54 Å². The Labute approximate surface area is 75.4 Å². The number of imidazole rings is 1. The molecule has 0 unspecified atom stereocenters. The van der Waals surface area contributed by atoms with Gasteiger partial charge < -0.3 is 15.6 Å². The fourth-order valence-corrected chi connectivity index (χ4v) is 1.85. The fraction of sp³-hybridized carbons (Fsp3) is 0.222. The fourth-order valence-electron chi connectivity index (χ4n) is 1.85. The van der Waals surface area contributed by atoms with Crippen molar-refractivity contribution < 1.29 is 0 Å². The molecule has 1 aliphatic rings. The second-order valence-electron chi connectivity index (χ2n) is 3.30. The third-order valence-corrected chi connectivity index (χ3v) is 2.40. The lowest BCUT2D eigenvalue weighted by Crippen LogP contribution is -2.15. The molecule has 3 N–H and O–H groups in total. The molecule has 0 atom stereocenters. The first-order chi connectivity index (χ1) is 6.34. The van der Waals surface area contributed by atoms with Crippen LogP contribution in [-0.2, 0) is 6.54 Å². The van der Waals surface area contributed by atoms with E-state index in [4.69, 9.17) is 5.73 Å². The molecular formula is C9H10N4. The van der Waals surface area contributed by atoms with Crippen LogP contribution in [-0.4, -0.2) is 16.1 Å². The number of benzene rings is 1. The molecule has 2 heterocycles. The van der Waals surface area contributed by atoms with Crippen molar-refractivity contribution in [3.8, 4) is 0 Å². The van der Waals surface area contributed by atoms with Crippen LogP contribution < -0.4 is 11.1 Å². The summed E-state index contributed by atoms with van der Waals surface area (Å²) in [7, 11) is 0. The van der Waals surface area contributed by atoms with Crippen molar-refractivity contribution in [1.29, 1.82) is 0 Å². The summed E-state index contributed by atoms with van der Waals surface area (Å²) < 4.78 is 2.15. The van der Waals surface area contributed by atoms with E-state index in [1.807, 2.05) is 18.5 Å². The molecule has 2 aromatic rings. The number of anilines is 2. The second kappa shape index (κ2) is 2.16. The molecule has 3 rings (SSSR count). The van der Waals surface area contributed by atoms with Gasteiger partial charge in [0.15, 0.2) is 0 Å². The molecule has 13 heavy (non-hydrogen) atoms. The quantitative estimate of drug-likeness (QED) is 0.587. The first-order valence-corrected chi connectivity index (χ1v) is 4.33. The van der Waals surface area contributed by atoms with Gasteiger partial charge in [0.1, 0.15) is 0 Å². The molecule has 4 nitrogen and oxygen atoms in total. The Kier molecular flexibility index (Phi) is 1.12. The van der Waals surface area contributed by atoms with E-state index in [1.165, 1.54) is 5.52 Å². The lowest BCUT2D eigenvalue weighted by molar-refractivity contribution is 0.734. The summed E-state index contributed by atoms with van der Waals surface area (Å²) in [5, 5.41) is 3.31. The number of aromatic nitrogens is 2. The molecule has 0 fully saturated rings. The van der Waals surface area contributed by atoms with E-state index in [1.54, 1.807) is 0 Å². The number of nitrogens with two attached hydrogens (primary N) is 1. The molecule has 0 aliphatic carbocycles. The van der Waals surface area contributed by atoms with Crippen LogP contribution in [0.2, 0.25) is 0 Å². The average Bonchev–Trinajstić information content (AvgIpc) is 2.50. The molecule has 1 aromatic carbocycles. The summed E-state index contributed by atoms with van der Waals surface area (Å²) >= 11 is 0. The van der Waals surface area contributed by atoms with E-state index in [2.05, 4.69) is 14.9 Å². The van der Waals surface area contributed by atoms with Gasteiger partial charge in [-0.2, -0.15) is 0 Å². The van der Waals surface area contributed by atoms with Gasteiger partial charge in [0.05, 0.1) is 23.0 Å². The van der Waals surface area contributed by atoms with Crippen molar-refractivity contribution in [1.82, 2.24) is 9.55 Å². The molecule has 66 valence electrons. The lowest BCUT2D eigenvalue weighted by atomic mass is 10.2. The van der Waals surface area contributed by atoms with Crippen LogP contribution >= 0.6 is 0 Å². The highest BCUT2D eigenvalue weighted by Crippen LogP contribution is 2.28. The van der Waals surface area contributed by atoms with Gasteiger partial charge in [0.25, 0.3) is 0 Å². The van der Waals surface area contributed by atoms with Gasteiger partial charge >= 0.3 is 0 Å². The smallest absolute Gasteiger partial charge is 0.0959 e. The van der Waals surface area contributed by atoms with Crippen LogP contribution in [0.3, 0.4) is 0 Å². The Morgan fingerprint density at radius 3 is 3.31 bits per heavy atom. The van der Waals surface area contributed by atoms with Gasteiger partial charge in [-0.25, -0.2) is 4.98 Å². The SMILES string of the molecule is Nc1cc2c3c(c1)ncn3CCN2. The summed E-state index contributed by atoms with van der Waals surface area (Å²) in [4.78, 5) is 4.29. The highest BCUT2D eigenvalue weighted by molar-refractivity contribution is 5.92. The van der Waals surface area contributed by atoms with Crippen LogP contribution in [0, 0.1) is 0 Å². The van der Waals surface area contributed by atoms with Gasteiger partial charge in [-0.05, 0) is 12.1 Å². The number of nitrogen functional groups attached to an aromatic ring is 1. The Hall–Kier alpha value is -1.71. The highest BCUT2D eigenvalue weighted by atomic mass is 15.1. The van der Waals surface area contributed by atoms with Gasteiger partial charge in [0.2, 0.25) is 0 Å². The Balaban J connectivity index is 2.47. The Morgan fingerprint density at radius 1 is 1.46 bits per heavy atom. The predicted molar refractivity (Wildman–Crippen MR) is 52.6 cm³/mol. The molecule has 0 radical (unpaired) electrons.